The summed E-state index contributed by atoms with van der Waals surface area (Å²) in [5.74, 6) is 0. The predicted molar refractivity (Wildman–Crippen MR) is 55.9 cm³/mol. The number of hydrogen-bond donors (Lipinski definition) is 1. The molecular formula is C9H10N4S. The Morgan fingerprint density at radius 1 is 1.43 bits per heavy atom. The van der Waals surface area contributed by atoms with Crippen LogP contribution in [0.25, 0.3) is 10.7 Å². The normalized spacial score (nSPS) is 10.4. The van der Waals surface area contributed by atoms with E-state index in [4.69, 9.17) is 0 Å². The van der Waals surface area contributed by atoms with Crippen LogP contribution < -0.4 is 5.32 Å². The van der Waals surface area contributed by atoms with Crippen LogP contribution in [0.15, 0.2) is 24.8 Å². The van der Waals surface area contributed by atoms with Crippen LogP contribution in [0.4, 0.5) is 0 Å². The number of hydrogen-bond acceptors (Lipinski definition) is 5. The minimum atomic E-state index is 0.850. The Morgan fingerprint density at radius 3 is 3.07 bits per heavy atom. The zero-order valence-electron chi connectivity index (χ0n) is 7.77. The first-order valence-corrected chi connectivity index (χ1v) is 5.07. The van der Waals surface area contributed by atoms with Gasteiger partial charge in [0.15, 0.2) is 0 Å². The molecule has 0 amide bonds. The van der Waals surface area contributed by atoms with Gasteiger partial charge in [-0.25, -0.2) is 15.0 Å². The zero-order chi connectivity index (χ0) is 9.80. The molecule has 1 N–H and O–H groups in total. The van der Waals surface area contributed by atoms with Crippen LogP contribution in [0.1, 0.15) is 4.88 Å². The summed E-state index contributed by atoms with van der Waals surface area (Å²) in [4.78, 5) is 13.5. The van der Waals surface area contributed by atoms with Gasteiger partial charge in [-0.3, -0.25) is 0 Å². The second-order valence-corrected chi connectivity index (χ2v) is 3.87. The van der Waals surface area contributed by atoms with Crippen molar-refractivity contribution in [3.63, 3.8) is 0 Å². The molecule has 5 heteroatoms. The van der Waals surface area contributed by atoms with E-state index in [1.54, 1.807) is 17.5 Å². The van der Waals surface area contributed by atoms with Crippen molar-refractivity contribution >= 4 is 11.3 Å². The average Bonchev–Trinajstić information content (AvgIpc) is 2.68. The molecule has 72 valence electrons. The third kappa shape index (κ3) is 1.94. The fourth-order valence-electron chi connectivity index (χ4n) is 1.10. The van der Waals surface area contributed by atoms with Gasteiger partial charge in [0.1, 0.15) is 17.0 Å². The van der Waals surface area contributed by atoms with Crippen LogP contribution in [-0.4, -0.2) is 22.0 Å². The highest BCUT2D eigenvalue weighted by atomic mass is 32.1. The summed E-state index contributed by atoms with van der Waals surface area (Å²) in [6.07, 6.45) is 5.13. The first-order valence-electron chi connectivity index (χ1n) is 4.26. The van der Waals surface area contributed by atoms with Gasteiger partial charge in [0.25, 0.3) is 0 Å². The monoisotopic (exact) mass is 206 g/mol. The lowest BCUT2D eigenvalue weighted by molar-refractivity contribution is 0.829. The van der Waals surface area contributed by atoms with Crippen molar-refractivity contribution in [2.24, 2.45) is 0 Å². The van der Waals surface area contributed by atoms with Gasteiger partial charge in [-0.2, -0.15) is 0 Å². The molecule has 0 saturated heterocycles. The highest BCUT2D eigenvalue weighted by molar-refractivity contribution is 7.14. The standard InChI is InChI=1S/C9H10N4S/c1-10-4-7-5-12-9(14-7)8-2-3-11-6-13-8/h2-3,5-6,10H,4H2,1H3. The highest BCUT2D eigenvalue weighted by Gasteiger charge is 2.04. The van der Waals surface area contributed by atoms with Crippen molar-refractivity contribution in [1.82, 2.24) is 20.3 Å². The van der Waals surface area contributed by atoms with Crippen LogP contribution >= 0.6 is 11.3 Å². The molecule has 14 heavy (non-hydrogen) atoms. The average molecular weight is 206 g/mol. The van der Waals surface area contributed by atoms with Gasteiger partial charge in [-0.1, -0.05) is 0 Å². The van der Waals surface area contributed by atoms with Crippen LogP contribution in [0.5, 0.6) is 0 Å². The number of nitrogens with one attached hydrogen (secondary N) is 1. The summed E-state index contributed by atoms with van der Waals surface area (Å²) >= 11 is 1.65. The summed E-state index contributed by atoms with van der Waals surface area (Å²) in [7, 11) is 1.92. The Balaban J connectivity index is 2.25. The Bertz CT molecular complexity index is 398. The van der Waals surface area contributed by atoms with E-state index in [0.29, 0.717) is 0 Å². The maximum absolute atomic E-state index is 4.29. The molecule has 0 aliphatic heterocycles. The Labute approximate surface area is 86.1 Å². The molecule has 0 unspecified atom stereocenters. The third-order valence-corrected chi connectivity index (χ3v) is 2.73. The van der Waals surface area contributed by atoms with Crippen LogP contribution in [0.2, 0.25) is 0 Å². The molecule has 0 atom stereocenters. The van der Waals surface area contributed by atoms with Gasteiger partial charge in [-0.05, 0) is 13.1 Å². The van der Waals surface area contributed by atoms with Crippen molar-refractivity contribution in [3.05, 3.63) is 29.7 Å². The van der Waals surface area contributed by atoms with E-state index in [1.165, 1.54) is 11.2 Å². The Hall–Kier alpha value is -1.33. The van der Waals surface area contributed by atoms with Gasteiger partial charge in [0, 0.05) is 23.8 Å². The van der Waals surface area contributed by atoms with Crippen molar-refractivity contribution in [2.45, 2.75) is 6.54 Å². The lowest BCUT2D eigenvalue weighted by atomic mass is 10.4. The molecule has 2 heterocycles. The summed E-state index contributed by atoms with van der Waals surface area (Å²) in [6, 6.07) is 1.86. The van der Waals surface area contributed by atoms with E-state index in [-0.39, 0.29) is 0 Å². The fourth-order valence-corrected chi connectivity index (χ4v) is 2.00. The first-order chi connectivity index (χ1) is 6.90. The van der Waals surface area contributed by atoms with Gasteiger partial charge in [-0.15, -0.1) is 11.3 Å². The van der Waals surface area contributed by atoms with Crippen LogP contribution in [-0.2, 0) is 6.54 Å². The zero-order valence-corrected chi connectivity index (χ0v) is 8.58. The minimum absolute atomic E-state index is 0.850. The number of aromatic nitrogens is 3. The number of nitrogens with zero attached hydrogens (tertiary/aromatic N) is 3. The Kier molecular flexibility index (Phi) is 2.81. The van der Waals surface area contributed by atoms with Crippen molar-refractivity contribution in [2.75, 3.05) is 7.05 Å². The Morgan fingerprint density at radius 2 is 2.36 bits per heavy atom. The molecule has 2 aromatic heterocycles. The molecule has 2 aromatic rings. The summed E-state index contributed by atoms with van der Waals surface area (Å²) < 4.78 is 0. The SMILES string of the molecule is CNCc1cnc(-c2ccncn2)s1. The van der Waals surface area contributed by atoms with Crippen LogP contribution in [0.3, 0.4) is 0 Å². The van der Waals surface area contributed by atoms with Crippen molar-refractivity contribution in [3.8, 4) is 10.7 Å². The highest BCUT2D eigenvalue weighted by Crippen LogP contribution is 2.22. The predicted octanol–water partition coefficient (Wildman–Crippen LogP) is 1.32. The molecule has 0 bridgehead atoms. The molecule has 0 spiro atoms. The largest absolute Gasteiger partial charge is 0.315 e. The second kappa shape index (κ2) is 4.26. The van der Waals surface area contributed by atoms with Gasteiger partial charge in [0.05, 0.1) is 0 Å². The third-order valence-electron chi connectivity index (χ3n) is 1.71. The summed E-state index contributed by atoms with van der Waals surface area (Å²) in [5.41, 5.74) is 0.882. The quantitative estimate of drug-likeness (QED) is 0.823. The molecular weight excluding hydrogens is 196 g/mol. The van der Waals surface area contributed by atoms with Crippen LogP contribution in [0, 0.1) is 0 Å². The summed E-state index contributed by atoms with van der Waals surface area (Å²) in [6.45, 7) is 0.850. The van der Waals surface area contributed by atoms with Gasteiger partial charge >= 0.3 is 0 Å². The first kappa shape index (κ1) is 9.23. The lowest BCUT2D eigenvalue weighted by Gasteiger charge is -1.92. The van der Waals surface area contributed by atoms with E-state index >= 15 is 0 Å². The van der Waals surface area contributed by atoms with E-state index < -0.39 is 0 Å². The molecule has 4 nitrogen and oxygen atoms in total. The van der Waals surface area contributed by atoms with E-state index in [9.17, 15) is 0 Å². The molecule has 0 aliphatic carbocycles. The van der Waals surface area contributed by atoms with E-state index in [2.05, 4.69) is 20.3 Å². The molecule has 0 fully saturated rings. The molecule has 0 aromatic carbocycles. The second-order valence-electron chi connectivity index (χ2n) is 2.76. The van der Waals surface area contributed by atoms with Gasteiger partial charge < -0.3 is 5.32 Å². The summed E-state index contributed by atoms with van der Waals surface area (Å²) in [5, 5.41) is 4.03. The number of thiazole rings is 1. The molecule has 0 aliphatic rings. The smallest absolute Gasteiger partial charge is 0.142 e. The van der Waals surface area contributed by atoms with E-state index in [1.807, 2.05) is 19.3 Å². The topological polar surface area (TPSA) is 50.7 Å². The molecule has 2 rings (SSSR count). The molecule has 0 saturated carbocycles. The van der Waals surface area contributed by atoms with Crippen molar-refractivity contribution in [1.29, 1.82) is 0 Å². The maximum Gasteiger partial charge on any atom is 0.142 e. The number of rotatable bonds is 3. The minimum Gasteiger partial charge on any atom is -0.315 e. The van der Waals surface area contributed by atoms with Gasteiger partial charge in [0.2, 0.25) is 0 Å². The van der Waals surface area contributed by atoms with E-state index in [0.717, 1.165) is 17.2 Å². The molecule has 0 radical (unpaired) electrons. The lowest BCUT2D eigenvalue weighted by Crippen LogP contribution is -2.02. The van der Waals surface area contributed by atoms with Crippen molar-refractivity contribution < 1.29 is 0 Å². The maximum atomic E-state index is 4.29. The fraction of sp³-hybridized carbons (Fsp3) is 0.222.